The second-order valence-corrected chi connectivity index (χ2v) is 4.04. The third-order valence-electron chi connectivity index (χ3n) is 2.93. The highest BCUT2D eigenvalue weighted by Gasteiger charge is 2.29. The van der Waals surface area contributed by atoms with Gasteiger partial charge in [0.1, 0.15) is 0 Å². The van der Waals surface area contributed by atoms with Gasteiger partial charge >= 0.3 is 0 Å². The van der Waals surface area contributed by atoms with Crippen LogP contribution in [0.3, 0.4) is 0 Å². The molecule has 0 radical (unpaired) electrons. The maximum atomic E-state index is 11.2. The number of nitrogens with zero attached hydrogens (tertiary/aromatic N) is 3. The molecule has 1 aliphatic rings. The van der Waals surface area contributed by atoms with E-state index in [-0.39, 0.29) is 0 Å². The predicted molar refractivity (Wildman–Crippen MR) is 55.4 cm³/mol. The van der Waals surface area contributed by atoms with Crippen LogP contribution >= 0.6 is 0 Å². The Morgan fingerprint density at radius 1 is 1.60 bits per heavy atom. The molecule has 0 aromatic carbocycles. The van der Waals surface area contributed by atoms with E-state index in [0.717, 1.165) is 31.5 Å². The van der Waals surface area contributed by atoms with E-state index in [0.29, 0.717) is 11.6 Å². The van der Waals surface area contributed by atoms with Crippen molar-refractivity contribution < 1.29 is 4.79 Å². The molecule has 2 N–H and O–H groups in total. The van der Waals surface area contributed by atoms with E-state index >= 15 is 0 Å². The summed E-state index contributed by atoms with van der Waals surface area (Å²) in [4.78, 5) is 11.2. The topological polar surface area (TPSA) is 73.8 Å². The van der Waals surface area contributed by atoms with Gasteiger partial charge in [-0.1, -0.05) is 18.6 Å². The van der Waals surface area contributed by atoms with Gasteiger partial charge in [-0.05, 0) is 19.3 Å². The number of aryl methyl sites for hydroxylation is 1. The minimum absolute atomic E-state index is 0.369. The van der Waals surface area contributed by atoms with Gasteiger partial charge in [-0.2, -0.15) is 0 Å². The molecule has 1 saturated carbocycles. The zero-order valence-electron chi connectivity index (χ0n) is 8.94. The Labute approximate surface area is 88.6 Å². The second-order valence-electron chi connectivity index (χ2n) is 4.04. The van der Waals surface area contributed by atoms with E-state index in [9.17, 15) is 4.79 Å². The Balaban J connectivity index is 2.34. The zero-order valence-corrected chi connectivity index (χ0v) is 8.94. The van der Waals surface area contributed by atoms with Crippen LogP contribution in [-0.2, 0) is 6.54 Å². The van der Waals surface area contributed by atoms with Gasteiger partial charge < -0.3 is 5.73 Å². The van der Waals surface area contributed by atoms with Crippen molar-refractivity contribution >= 4 is 5.91 Å². The van der Waals surface area contributed by atoms with Gasteiger partial charge in [0.25, 0.3) is 5.91 Å². The van der Waals surface area contributed by atoms with Crippen LogP contribution in [0.25, 0.3) is 0 Å². The first kappa shape index (κ1) is 10.1. The summed E-state index contributed by atoms with van der Waals surface area (Å²) in [6, 6.07) is 0. The Morgan fingerprint density at radius 2 is 2.33 bits per heavy atom. The SMILES string of the molecule is CCCn1nnc(C(N)=O)c1C1CCC1. The number of rotatable bonds is 4. The fraction of sp³-hybridized carbons (Fsp3) is 0.700. The third-order valence-corrected chi connectivity index (χ3v) is 2.93. The summed E-state index contributed by atoms with van der Waals surface area (Å²) >= 11 is 0. The first-order valence-corrected chi connectivity index (χ1v) is 5.47. The predicted octanol–water partition coefficient (Wildman–Crippen LogP) is 1.05. The molecule has 2 rings (SSSR count). The second kappa shape index (κ2) is 4.00. The molecule has 1 fully saturated rings. The molecule has 5 nitrogen and oxygen atoms in total. The Hall–Kier alpha value is -1.39. The molecule has 1 amide bonds. The quantitative estimate of drug-likeness (QED) is 0.803. The highest BCUT2D eigenvalue weighted by molar-refractivity contribution is 5.92. The van der Waals surface area contributed by atoms with Crippen LogP contribution in [0, 0.1) is 0 Å². The summed E-state index contributed by atoms with van der Waals surface area (Å²) in [5.41, 5.74) is 6.61. The van der Waals surface area contributed by atoms with E-state index in [4.69, 9.17) is 5.73 Å². The Kier molecular flexibility index (Phi) is 2.70. The maximum Gasteiger partial charge on any atom is 0.271 e. The van der Waals surface area contributed by atoms with Gasteiger partial charge in [-0.3, -0.25) is 4.79 Å². The highest BCUT2D eigenvalue weighted by atomic mass is 16.1. The van der Waals surface area contributed by atoms with E-state index in [1.807, 2.05) is 4.68 Å². The van der Waals surface area contributed by atoms with Crippen LogP contribution in [0.15, 0.2) is 0 Å². The number of carbonyl (C=O) groups is 1. The first-order chi connectivity index (χ1) is 7.24. The number of hydrogen-bond acceptors (Lipinski definition) is 3. The summed E-state index contributed by atoms with van der Waals surface area (Å²) in [6.45, 7) is 2.89. The van der Waals surface area contributed by atoms with E-state index in [2.05, 4.69) is 17.2 Å². The fourth-order valence-corrected chi connectivity index (χ4v) is 1.96. The van der Waals surface area contributed by atoms with E-state index in [1.165, 1.54) is 6.42 Å². The molecule has 0 aliphatic heterocycles. The largest absolute Gasteiger partial charge is 0.364 e. The molecule has 0 atom stereocenters. The molecule has 1 aliphatic carbocycles. The molecule has 15 heavy (non-hydrogen) atoms. The monoisotopic (exact) mass is 208 g/mol. The van der Waals surface area contributed by atoms with Gasteiger partial charge in [0.2, 0.25) is 0 Å². The van der Waals surface area contributed by atoms with Crippen molar-refractivity contribution in [2.45, 2.75) is 45.1 Å². The fourth-order valence-electron chi connectivity index (χ4n) is 1.96. The molecule has 1 heterocycles. The standard InChI is InChI=1S/C10H16N4O/c1-2-6-14-9(7-4-3-5-7)8(10(11)15)12-13-14/h7H,2-6H2,1H3,(H2,11,15). The van der Waals surface area contributed by atoms with Gasteiger partial charge in [-0.25, -0.2) is 4.68 Å². The molecule has 82 valence electrons. The average molecular weight is 208 g/mol. The lowest BCUT2D eigenvalue weighted by atomic mass is 9.82. The number of hydrogen-bond donors (Lipinski definition) is 1. The highest BCUT2D eigenvalue weighted by Crippen LogP contribution is 2.37. The number of primary amides is 1. The van der Waals surface area contributed by atoms with Gasteiger partial charge in [-0.15, -0.1) is 5.10 Å². The van der Waals surface area contributed by atoms with Crippen molar-refractivity contribution in [1.82, 2.24) is 15.0 Å². The summed E-state index contributed by atoms with van der Waals surface area (Å²) in [7, 11) is 0. The normalized spacial score (nSPS) is 16.3. The minimum Gasteiger partial charge on any atom is -0.364 e. The van der Waals surface area contributed by atoms with Crippen LogP contribution in [0.2, 0.25) is 0 Å². The molecule has 5 heteroatoms. The van der Waals surface area contributed by atoms with Crippen molar-refractivity contribution in [3.63, 3.8) is 0 Å². The summed E-state index contributed by atoms with van der Waals surface area (Å²) < 4.78 is 1.84. The van der Waals surface area contributed by atoms with Crippen LogP contribution < -0.4 is 5.73 Å². The van der Waals surface area contributed by atoms with Crippen LogP contribution in [0.4, 0.5) is 0 Å². The molecule has 0 saturated heterocycles. The maximum absolute atomic E-state index is 11.2. The lowest BCUT2D eigenvalue weighted by molar-refractivity contribution is 0.0993. The third kappa shape index (κ3) is 1.73. The Bertz CT molecular complexity index is 367. The Morgan fingerprint density at radius 3 is 2.80 bits per heavy atom. The van der Waals surface area contributed by atoms with Crippen LogP contribution in [0.5, 0.6) is 0 Å². The van der Waals surface area contributed by atoms with Gasteiger partial charge in [0, 0.05) is 12.5 Å². The van der Waals surface area contributed by atoms with E-state index < -0.39 is 5.91 Å². The van der Waals surface area contributed by atoms with Crippen LogP contribution in [-0.4, -0.2) is 20.9 Å². The molecule has 0 unspecified atom stereocenters. The zero-order chi connectivity index (χ0) is 10.8. The van der Waals surface area contributed by atoms with E-state index in [1.54, 1.807) is 0 Å². The van der Waals surface area contributed by atoms with Crippen molar-refractivity contribution in [1.29, 1.82) is 0 Å². The molecule has 1 aromatic heterocycles. The summed E-state index contributed by atoms with van der Waals surface area (Å²) in [5, 5.41) is 7.87. The number of carbonyl (C=O) groups excluding carboxylic acids is 1. The smallest absolute Gasteiger partial charge is 0.271 e. The van der Waals surface area contributed by atoms with Crippen molar-refractivity contribution in [2.75, 3.05) is 0 Å². The van der Waals surface area contributed by atoms with Crippen molar-refractivity contribution in [3.05, 3.63) is 11.4 Å². The lowest BCUT2D eigenvalue weighted by Crippen LogP contribution is -2.21. The molecule has 0 spiro atoms. The molecule has 1 aromatic rings. The summed E-state index contributed by atoms with van der Waals surface area (Å²) in [5.74, 6) is -0.0201. The molecule has 0 bridgehead atoms. The van der Waals surface area contributed by atoms with Crippen molar-refractivity contribution in [3.8, 4) is 0 Å². The van der Waals surface area contributed by atoms with Gasteiger partial charge in [0.05, 0.1) is 5.69 Å². The lowest BCUT2D eigenvalue weighted by Gasteiger charge is -2.26. The number of amides is 1. The number of nitrogens with two attached hydrogens (primary N) is 1. The first-order valence-electron chi connectivity index (χ1n) is 5.47. The molecular formula is C10H16N4O. The summed E-state index contributed by atoms with van der Waals surface area (Å²) in [6.07, 6.45) is 4.45. The van der Waals surface area contributed by atoms with Crippen LogP contribution in [0.1, 0.15) is 54.7 Å². The minimum atomic E-state index is -0.459. The van der Waals surface area contributed by atoms with Gasteiger partial charge in [0.15, 0.2) is 5.69 Å². The molecular weight excluding hydrogens is 192 g/mol. The number of aromatic nitrogens is 3. The van der Waals surface area contributed by atoms with Crippen molar-refractivity contribution in [2.24, 2.45) is 5.73 Å². The average Bonchev–Trinajstić information content (AvgIpc) is 2.47.